The zero-order valence-electron chi connectivity index (χ0n) is 10.5. The lowest BCUT2D eigenvalue weighted by Crippen LogP contribution is -2.32. The number of carbonyl (C=O) groups excluding carboxylic acids is 1. The Morgan fingerprint density at radius 1 is 1.50 bits per heavy atom. The summed E-state index contributed by atoms with van der Waals surface area (Å²) in [6.45, 7) is 3.95. The topological polar surface area (TPSA) is 40.5 Å². The molecule has 0 spiro atoms. The first-order chi connectivity index (χ1) is 8.46. The number of thiophene rings is 1. The highest BCUT2D eigenvalue weighted by Crippen LogP contribution is 2.24. The van der Waals surface area contributed by atoms with Gasteiger partial charge in [-0.1, -0.05) is 11.6 Å². The molecule has 1 N–H and O–H groups in total. The molecule has 1 aliphatic heterocycles. The summed E-state index contributed by atoms with van der Waals surface area (Å²) in [6, 6.07) is 3.54. The molecular formula is C13H18ClNO2S. The van der Waals surface area contributed by atoms with Crippen molar-refractivity contribution in [3.63, 3.8) is 0 Å². The normalized spacial score (nSPS) is 25.9. The maximum atomic E-state index is 12.0. The fourth-order valence-electron chi connectivity index (χ4n) is 2.22. The van der Waals surface area contributed by atoms with E-state index >= 15 is 0 Å². The van der Waals surface area contributed by atoms with E-state index in [0.717, 1.165) is 37.2 Å². The van der Waals surface area contributed by atoms with E-state index in [1.165, 1.54) is 11.3 Å². The molecule has 0 aliphatic carbocycles. The van der Waals surface area contributed by atoms with Gasteiger partial charge in [-0.25, -0.2) is 0 Å². The number of nitrogens with zero attached hydrogens (tertiary/aromatic N) is 1. The maximum absolute atomic E-state index is 12.0. The minimum atomic E-state index is -0.579. The van der Waals surface area contributed by atoms with E-state index in [1.807, 2.05) is 6.92 Å². The van der Waals surface area contributed by atoms with E-state index in [9.17, 15) is 9.90 Å². The van der Waals surface area contributed by atoms with E-state index in [2.05, 4.69) is 4.90 Å². The number of aliphatic hydroxyl groups is 1. The maximum Gasteiger partial charge on any atom is 0.186 e. The molecule has 100 valence electrons. The monoisotopic (exact) mass is 287 g/mol. The molecule has 18 heavy (non-hydrogen) atoms. The van der Waals surface area contributed by atoms with Gasteiger partial charge in [0, 0.05) is 6.54 Å². The van der Waals surface area contributed by atoms with Crippen LogP contribution in [0.5, 0.6) is 0 Å². The van der Waals surface area contributed by atoms with Crippen LogP contribution in [0.15, 0.2) is 12.1 Å². The van der Waals surface area contributed by atoms with Crippen molar-refractivity contribution in [2.75, 3.05) is 19.6 Å². The first-order valence-corrected chi connectivity index (χ1v) is 7.39. The van der Waals surface area contributed by atoms with E-state index < -0.39 is 5.60 Å². The third kappa shape index (κ3) is 3.79. The number of ketones is 1. The Balaban J connectivity index is 1.91. The molecule has 1 aromatic heterocycles. The third-order valence-electron chi connectivity index (χ3n) is 3.37. The first kappa shape index (κ1) is 14.0. The second kappa shape index (κ2) is 5.70. The molecule has 1 aromatic rings. The van der Waals surface area contributed by atoms with Crippen LogP contribution in [0.25, 0.3) is 0 Å². The number of Topliss-reactive ketones (excluding diaryl/α,β-unsaturated/α-hetero) is 1. The number of hydrogen-bond donors (Lipinski definition) is 1. The number of hydrogen-bond acceptors (Lipinski definition) is 4. The van der Waals surface area contributed by atoms with Crippen LogP contribution in [-0.2, 0) is 0 Å². The Morgan fingerprint density at radius 3 is 2.94 bits per heavy atom. The third-order valence-corrected chi connectivity index (χ3v) is 4.64. The lowest BCUT2D eigenvalue weighted by atomic mass is 9.98. The smallest absolute Gasteiger partial charge is 0.186 e. The van der Waals surface area contributed by atoms with Crippen LogP contribution in [-0.4, -0.2) is 41.0 Å². The molecule has 0 bridgehead atoms. The summed E-state index contributed by atoms with van der Waals surface area (Å²) in [5.74, 6) is 0.119. The number of rotatable bonds is 3. The quantitative estimate of drug-likeness (QED) is 0.869. The van der Waals surface area contributed by atoms with Crippen LogP contribution in [0.1, 0.15) is 35.9 Å². The van der Waals surface area contributed by atoms with E-state index in [4.69, 9.17) is 11.6 Å². The van der Waals surface area contributed by atoms with Crippen LogP contribution in [0.3, 0.4) is 0 Å². The van der Waals surface area contributed by atoms with Crippen molar-refractivity contribution in [1.29, 1.82) is 0 Å². The van der Waals surface area contributed by atoms with Gasteiger partial charge in [0.05, 0.1) is 21.4 Å². The molecule has 1 saturated heterocycles. The van der Waals surface area contributed by atoms with Crippen LogP contribution in [0.2, 0.25) is 4.34 Å². The molecule has 2 rings (SSSR count). The van der Waals surface area contributed by atoms with Gasteiger partial charge >= 0.3 is 0 Å². The molecule has 0 amide bonds. The summed E-state index contributed by atoms with van der Waals surface area (Å²) in [5.41, 5.74) is -0.579. The van der Waals surface area contributed by atoms with E-state index in [0.29, 0.717) is 10.9 Å². The minimum Gasteiger partial charge on any atom is -0.390 e. The van der Waals surface area contributed by atoms with Gasteiger partial charge in [-0.05, 0) is 44.9 Å². The molecule has 5 heteroatoms. The van der Waals surface area contributed by atoms with Crippen LogP contribution in [0.4, 0.5) is 0 Å². The number of likely N-dealkylation sites (tertiary alicyclic amines) is 1. The van der Waals surface area contributed by atoms with Crippen molar-refractivity contribution in [2.45, 2.75) is 31.8 Å². The zero-order chi connectivity index (χ0) is 13.2. The summed E-state index contributed by atoms with van der Waals surface area (Å²) < 4.78 is 0.650. The van der Waals surface area contributed by atoms with Crippen LogP contribution < -0.4 is 0 Å². The summed E-state index contributed by atoms with van der Waals surface area (Å²) in [4.78, 5) is 14.9. The molecule has 1 fully saturated rings. The second-order valence-electron chi connectivity index (χ2n) is 5.15. The van der Waals surface area contributed by atoms with E-state index in [1.54, 1.807) is 12.1 Å². The Labute approximate surface area is 116 Å². The summed E-state index contributed by atoms with van der Waals surface area (Å²) >= 11 is 7.16. The Bertz CT molecular complexity index is 430. The van der Waals surface area contributed by atoms with Crippen LogP contribution in [0, 0.1) is 0 Å². The Hall–Kier alpha value is -0.420. The van der Waals surface area contributed by atoms with Gasteiger partial charge in [0.2, 0.25) is 0 Å². The van der Waals surface area contributed by atoms with E-state index in [-0.39, 0.29) is 5.78 Å². The molecule has 0 radical (unpaired) electrons. The molecule has 0 aromatic carbocycles. The fourth-order valence-corrected chi connectivity index (χ4v) is 3.20. The average Bonchev–Trinajstić information content (AvgIpc) is 2.65. The minimum absolute atomic E-state index is 0.119. The van der Waals surface area contributed by atoms with Gasteiger partial charge in [0.25, 0.3) is 0 Å². The van der Waals surface area contributed by atoms with Crippen molar-refractivity contribution in [2.24, 2.45) is 0 Å². The van der Waals surface area contributed by atoms with Crippen molar-refractivity contribution < 1.29 is 9.90 Å². The SMILES string of the molecule is CC1(O)CCCN(CC(=O)c2ccc(Cl)s2)CC1. The predicted molar refractivity (Wildman–Crippen MR) is 74.6 cm³/mol. The van der Waals surface area contributed by atoms with Gasteiger partial charge in [-0.3, -0.25) is 9.69 Å². The highest BCUT2D eigenvalue weighted by atomic mass is 35.5. The molecule has 1 aliphatic rings. The average molecular weight is 288 g/mol. The molecule has 1 unspecified atom stereocenters. The summed E-state index contributed by atoms with van der Waals surface area (Å²) in [7, 11) is 0. The molecule has 3 nitrogen and oxygen atoms in total. The molecule has 0 saturated carbocycles. The second-order valence-corrected chi connectivity index (χ2v) is 6.87. The number of halogens is 1. The highest BCUT2D eigenvalue weighted by molar-refractivity contribution is 7.18. The lowest BCUT2D eigenvalue weighted by molar-refractivity contribution is 0.0444. The predicted octanol–water partition coefficient (Wildman–Crippen LogP) is 2.82. The van der Waals surface area contributed by atoms with Crippen molar-refractivity contribution in [3.8, 4) is 0 Å². The highest BCUT2D eigenvalue weighted by Gasteiger charge is 2.26. The van der Waals surface area contributed by atoms with Crippen molar-refractivity contribution in [3.05, 3.63) is 21.3 Å². The standard InChI is InChI=1S/C13H18ClNO2S/c1-13(17)5-2-7-15(8-6-13)9-10(16)11-3-4-12(14)18-11/h3-4,17H,2,5-9H2,1H3. The largest absolute Gasteiger partial charge is 0.390 e. The van der Waals surface area contributed by atoms with Gasteiger partial charge in [-0.2, -0.15) is 0 Å². The summed E-state index contributed by atoms with van der Waals surface area (Å²) in [6.07, 6.45) is 2.47. The van der Waals surface area contributed by atoms with Gasteiger partial charge in [0.1, 0.15) is 0 Å². The number of carbonyl (C=O) groups is 1. The fraction of sp³-hybridized carbons (Fsp3) is 0.615. The molecule has 2 heterocycles. The van der Waals surface area contributed by atoms with Gasteiger partial charge in [-0.15, -0.1) is 11.3 Å². The molecular weight excluding hydrogens is 270 g/mol. The summed E-state index contributed by atoms with van der Waals surface area (Å²) in [5, 5.41) is 10.00. The van der Waals surface area contributed by atoms with Crippen LogP contribution >= 0.6 is 22.9 Å². The Kier molecular flexibility index (Phi) is 4.43. The zero-order valence-corrected chi connectivity index (χ0v) is 12.1. The van der Waals surface area contributed by atoms with Crippen molar-refractivity contribution >= 4 is 28.7 Å². The lowest BCUT2D eigenvalue weighted by Gasteiger charge is -2.21. The van der Waals surface area contributed by atoms with Gasteiger partial charge < -0.3 is 5.11 Å². The first-order valence-electron chi connectivity index (χ1n) is 6.19. The van der Waals surface area contributed by atoms with Gasteiger partial charge in [0.15, 0.2) is 5.78 Å². The Morgan fingerprint density at radius 2 is 2.28 bits per heavy atom. The van der Waals surface area contributed by atoms with Crippen molar-refractivity contribution in [1.82, 2.24) is 4.90 Å². The molecule has 1 atom stereocenters.